The van der Waals surface area contributed by atoms with Gasteiger partial charge in [0.25, 0.3) is 0 Å². The van der Waals surface area contributed by atoms with Gasteiger partial charge in [0.05, 0.1) is 6.10 Å². The van der Waals surface area contributed by atoms with E-state index >= 15 is 0 Å². The predicted molar refractivity (Wildman–Crippen MR) is 51.7 cm³/mol. The fourth-order valence-corrected chi connectivity index (χ4v) is 1.93. The van der Waals surface area contributed by atoms with E-state index in [4.69, 9.17) is 27.9 Å². The minimum atomic E-state index is -0.335. The molecule has 0 bridgehead atoms. The average molecular weight is 212 g/mol. The van der Waals surface area contributed by atoms with E-state index in [-0.39, 0.29) is 16.7 Å². The van der Waals surface area contributed by atoms with Crippen LogP contribution in [-0.2, 0) is 4.74 Å². The standard InChI is InChI=1S/C8H15Cl2NO/c1-6-4-11(5-7(9)10)8(2,3)12-6/h6-7H,4-5H2,1-3H3. The summed E-state index contributed by atoms with van der Waals surface area (Å²) in [5.41, 5.74) is -0.221. The fraction of sp³-hybridized carbons (Fsp3) is 1.00. The second-order valence-electron chi connectivity index (χ2n) is 3.67. The third-order valence-electron chi connectivity index (χ3n) is 2.09. The second-order valence-corrected chi connectivity index (χ2v) is 4.95. The zero-order chi connectivity index (χ0) is 9.35. The molecule has 72 valence electrons. The van der Waals surface area contributed by atoms with Crippen LogP contribution < -0.4 is 0 Å². The minimum absolute atomic E-state index is 0.221. The van der Waals surface area contributed by atoms with Crippen molar-refractivity contribution in [3.05, 3.63) is 0 Å². The lowest BCUT2D eigenvalue weighted by Crippen LogP contribution is -2.41. The van der Waals surface area contributed by atoms with Crippen LogP contribution in [0.2, 0.25) is 0 Å². The molecule has 0 spiro atoms. The maximum atomic E-state index is 5.70. The van der Waals surface area contributed by atoms with Crippen molar-refractivity contribution in [3.8, 4) is 0 Å². The molecular weight excluding hydrogens is 197 g/mol. The topological polar surface area (TPSA) is 12.5 Å². The van der Waals surface area contributed by atoms with Crippen LogP contribution >= 0.6 is 23.2 Å². The Morgan fingerprint density at radius 1 is 1.58 bits per heavy atom. The van der Waals surface area contributed by atoms with E-state index in [1.807, 2.05) is 13.8 Å². The summed E-state index contributed by atoms with van der Waals surface area (Å²) in [6.45, 7) is 7.70. The highest BCUT2D eigenvalue weighted by Crippen LogP contribution is 2.27. The highest BCUT2D eigenvalue weighted by Gasteiger charge is 2.37. The Labute approximate surface area is 83.8 Å². The average Bonchev–Trinajstić information content (AvgIpc) is 2.04. The van der Waals surface area contributed by atoms with Crippen molar-refractivity contribution in [1.29, 1.82) is 0 Å². The van der Waals surface area contributed by atoms with E-state index in [0.29, 0.717) is 6.54 Å². The SMILES string of the molecule is CC1CN(CC(Cl)Cl)C(C)(C)O1. The van der Waals surface area contributed by atoms with Gasteiger partial charge in [-0.15, -0.1) is 23.2 Å². The molecule has 1 aliphatic rings. The van der Waals surface area contributed by atoms with Gasteiger partial charge in [-0.2, -0.15) is 0 Å². The molecule has 2 nitrogen and oxygen atoms in total. The van der Waals surface area contributed by atoms with E-state index in [2.05, 4.69) is 11.8 Å². The smallest absolute Gasteiger partial charge is 0.120 e. The molecule has 4 heteroatoms. The zero-order valence-corrected chi connectivity index (χ0v) is 9.19. The van der Waals surface area contributed by atoms with Crippen LogP contribution in [0.4, 0.5) is 0 Å². The molecule has 1 fully saturated rings. The number of rotatable bonds is 2. The largest absolute Gasteiger partial charge is 0.357 e. The Morgan fingerprint density at radius 2 is 2.17 bits per heavy atom. The van der Waals surface area contributed by atoms with E-state index in [1.165, 1.54) is 0 Å². The predicted octanol–water partition coefficient (Wildman–Crippen LogP) is 2.25. The first-order valence-corrected chi connectivity index (χ1v) is 5.00. The van der Waals surface area contributed by atoms with Crippen LogP contribution in [0.1, 0.15) is 20.8 Å². The van der Waals surface area contributed by atoms with Crippen LogP contribution in [0.15, 0.2) is 0 Å². The molecule has 1 atom stereocenters. The highest BCUT2D eigenvalue weighted by atomic mass is 35.5. The molecule has 0 N–H and O–H groups in total. The van der Waals surface area contributed by atoms with E-state index in [1.54, 1.807) is 0 Å². The first kappa shape index (κ1) is 10.6. The van der Waals surface area contributed by atoms with Gasteiger partial charge in [0.2, 0.25) is 0 Å². The van der Waals surface area contributed by atoms with Gasteiger partial charge in [-0.1, -0.05) is 0 Å². The van der Waals surface area contributed by atoms with E-state index in [0.717, 1.165) is 6.54 Å². The number of hydrogen-bond donors (Lipinski definition) is 0. The molecule has 0 saturated carbocycles. The molecule has 0 radical (unpaired) electrons. The number of ether oxygens (including phenoxy) is 1. The number of nitrogens with zero attached hydrogens (tertiary/aromatic N) is 1. The quantitative estimate of drug-likeness (QED) is 0.651. The molecule has 1 rings (SSSR count). The van der Waals surface area contributed by atoms with Gasteiger partial charge in [-0.05, 0) is 20.8 Å². The Bertz CT molecular complexity index is 161. The summed E-state index contributed by atoms with van der Waals surface area (Å²) in [6.07, 6.45) is 0.270. The summed E-state index contributed by atoms with van der Waals surface area (Å²) in [6, 6.07) is 0. The Kier molecular flexibility index (Phi) is 3.27. The maximum Gasteiger partial charge on any atom is 0.120 e. The van der Waals surface area contributed by atoms with Crippen molar-refractivity contribution < 1.29 is 4.74 Å². The number of hydrogen-bond acceptors (Lipinski definition) is 2. The molecule has 1 saturated heterocycles. The molecule has 0 amide bonds. The number of alkyl halides is 2. The zero-order valence-electron chi connectivity index (χ0n) is 7.68. The van der Waals surface area contributed by atoms with Crippen LogP contribution in [-0.4, -0.2) is 34.7 Å². The van der Waals surface area contributed by atoms with E-state index in [9.17, 15) is 0 Å². The summed E-state index contributed by atoms with van der Waals surface area (Å²) in [5, 5.41) is 0. The lowest BCUT2D eigenvalue weighted by Gasteiger charge is -2.29. The van der Waals surface area contributed by atoms with Gasteiger partial charge in [-0.3, -0.25) is 4.90 Å². The Hall–Kier alpha value is 0.500. The third-order valence-corrected chi connectivity index (χ3v) is 2.36. The fourth-order valence-electron chi connectivity index (χ4n) is 1.60. The van der Waals surface area contributed by atoms with Crippen molar-refractivity contribution >= 4 is 23.2 Å². The van der Waals surface area contributed by atoms with Crippen molar-refractivity contribution in [1.82, 2.24) is 4.90 Å². The first-order chi connectivity index (χ1) is 5.42. The molecular formula is C8H15Cl2NO. The summed E-state index contributed by atoms with van der Waals surface area (Å²) < 4.78 is 5.67. The summed E-state index contributed by atoms with van der Waals surface area (Å²) in [7, 11) is 0. The first-order valence-electron chi connectivity index (χ1n) is 4.13. The van der Waals surface area contributed by atoms with Crippen molar-refractivity contribution in [3.63, 3.8) is 0 Å². The van der Waals surface area contributed by atoms with Gasteiger partial charge >= 0.3 is 0 Å². The second kappa shape index (κ2) is 3.70. The molecule has 0 aliphatic carbocycles. The maximum absolute atomic E-state index is 5.70. The lowest BCUT2D eigenvalue weighted by atomic mass is 10.3. The molecule has 0 aromatic heterocycles. The van der Waals surface area contributed by atoms with E-state index < -0.39 is 0 Å². The number of halogens is 2. The molecule has 1 unspecified atom stereocenters. The Balaban J connectivity index is 2.53. The molecule has 12 heavy (non-hydrogen) atoms. The van der Waals surface area contributed by atoms with Gasteiger partial charge < -0.3 is 4.74 Å². The van der Waals surface area contributed by atoms with Crippen LogP contribution in [0, 0.1) is 0 Å². The van der Waals surface area contributed by atoms with Crippen molar-refractivity contribution in [2.45, 2.75) is 37.4 Å². The molecule has 1 heterocycles. The highest BCUT2D eigenvalue weighted by molar-refractivity contribution is 6.44. The van der Waals surface area contributed by atoms with Gasteiger partial charge in [0.1, 0.15) is 10.6 Å². The molecule has 0 aromatic rings. The van der Waals surface area contributed by atoms with Gasteiger partial charge in [-0.25, -0.2) is 0 Å². The van der Waals surface area contributed by atoms with Crippen LogP contribution in [0.25, 0.3) is 0 Å². The minimum Gasteiger partial charge on any atom is -0.357 e. The third kappa shape index (κ3) is 2.49. The lowest BCUT2D eigenvalue weighted by molar-refractivity contribution is -0.0696. The van der Waals surface area contributed by atoms with Crippen LogP contribution in [0.5, 0.6) is 0 Å². The van der Waals surface area contributed by atoms with Gasteiger partial charge in [0.15, 0.2) is 0 Å². The Morgan fingerprint density at radius 3 is 2.50 bits per heavy atom. The molecule has 0 aromatic carbocycles. The summed E-state index contributed by atoms with van der Waals surface area (Å²) in [4.78, 5) is 1.82. The van der Waals surface area contributed by atoms with Crippen LogP contribution in [0.3, 0.4) is 0 Å². The van der Waals surface area contributed by atoms with Crippen molar-refractivity contribution in [2.75, 3.05) is 13.1 Å². The monoisotopic (exact) mass is 211 g/mol. The molecule has 1 aliphatic heterocycles. The summed E-state index contributed by atoms with van der Waals surface area (Å²) >= 11 is 11.4. The summed E-state index contributed by atoms with van der Waals surface area (Å²) in [5.74, 6) is 0. The normalized spacial score (nSPS) is 30.0. The van der Waals surface area contributed by atoms with Gasteiger partial charge in [0, 0.05) is 13.1 Å². The van der Waals surface area contributed by atoms with Crippen molar-refractivity contribution in [2.24, 2.45) is 0 Å².